The summed E-state index contributed by atoms with van der Waals surface area (Å²) in [6.07, 6.45) is 3.02. The summed E-state index contributed by atoms with van der Waals surface area (Å²) in [6, 6.07) is 19.6. The Kier molecular flexibility index (Phi) is 4.04. The Morgan fingerprint density at radius 2 is 1.72 bits per heavy atom. The predicted octanol–water partition coefficient (Wildman–Crippen LogP) is 3.56. The Balaban J connectivity index is 1.40. The van der Waals surface area contributed by atoms with Crippen LogP contribution in [0.15, 0.2) is 76.4 Å². The highest BCUT2D eigenvalue weighted by Crippen LogP contribution is 2.28. The van der Waals surface area contributed by atoms with Crippen LogP contribution < -0.4 is 10.3 Å². The first-order chi connectivity index (χ1) is 12.3. The molecule has 0 aliphatic carbocycles. The molecule has 0 radical (unpaired) electrons. The number of hydrogen-bond donors (Lipinski definition) is 1. The molecule has 1 amide bonds. The average molecular weight is 331 g/mol. The Morgan fingerprint density at radius 1 is 1.00 bits per heavy atom. The molecule has 1 aliphatic rings. The highest BCUT2D eigenvalue weighted by molar-refractivity contribution is 5.95. The Bertz CT molecular complexity index is 874. The van der Waals surface area contributed by atoms with Crippen LogP contribution in [0.2, 0.25) is 0 Å². The number of benzene rings is 2. The Morgan fingerprint density at radius 3 is 2.36 bits per heavy atom. The molecule has 0 saturated heterocycles. The number of furan rings is 1. The van der Waals surface area contributed by atoms with E-state index >= 15 is 0 Å². The van der Waals surface area contributed by atoms with Crippen molar-refractivity contribution in [1.29, 1.82) is 0 Å². The lowest BCUT2D eigenvalue weighted by Gasteiger charge is -2.17. The molecule has 5 heteroatoms. The fraction of sp³-hybridized carbons (Fsp3) is 0.100. The van der Waals surface area contributed by atoms with E-state index in [9.17, 15) is 4.79 Å². The van der Waals surface area contributed by atoms with Gasteiger partial charge in [-0.15, -0.1) is 0 Å². The van der Waals surface area contributed by atoms with E-state index in [1.807, 2.05) is 24.3 Å². The number of fused-ring (bicyclic) bond motifs is 1. The highest BCUT2D eigenvalue weighted by Gasteiger charge is 2.18. The van der Waals surface area contributed by atoms with Crippen LogP contribution in [0.25, 0.3) is 0 Å². The number of hydrazone groups is 1. The van der Waals surface area contributed by atoms with Crippen molar-refractivity contribution < 1.29 is 9.21 Å². The normalized spacial score (nSPS) is 13.2. The number of nitrogens with one attached hydrogen (secondary N) is 1. The summed E-state index contributed by atoms with van der Waals surface area (Å²) in [4.78, 5) is 14.4. The highest BCUT2D eigenvalue weighted by atomic mass is 16.3. The number of carbonyl (C=O) groups is 1. The molecule has 2 aromatic carbocycles. The molecule has 3 aromatic rings. The van der Waals surface area contributed by atoms with Crippen molar-refractivity contribution in [3.8, 4) is 0 Å². The zero-order valence-electron chi connectivity index (χ0n) is 13.6. The number of carbonyl (C=O) groups excluding carboxylic acids is 1. The van der Waals surface area contributed by atoms with Gasteiger partial charge in [0, 0.05) is 24.3 Å². The number of rotatable bonds is 4. The van der Waals surface area contributed by atoms with Crippen molar-refractivity contribution in [2.75, 3.05) is 4.90 Å². The molecular formula is C20H17N3O2. The monoisotopic (exact) mass is 331 g/mol. The van der Waals surface area contributed by atoms with E-state index in [1.54, 1.807) is 18.4 Å². The lowest BCUT2D eigenvalue weighted by Crippen LogP contribution is -2.18. The van der Waals surface area contributed by atoms with Gasteiger partial charge in [0.15, 0.2) is 0 Å². The molecule has 0 spiro atoms. The van der Waals surface area contributed by atoms with Crippen LogP contribution in [-0.2, 0) is 13.1 Å². The summed E-state index contributed by atoms with van der Waals surface area (Å²) in [5.74, 6) is 0.336. The van der Waals surface area contributed by atoms with Crippen LogP contribution in [0.4, 0.5) is 5.69 Å². The van der Waals surface area contributed by atoms with E-state index in [-0.39, 0.29) is 5.91 Å². The van der Waals surface area contributed by atoms with E-state index in [4.69, 9.17) is 4.42 Å². The molecule has 5 nitrogen and oxygen atoms in total. The van der Waals surface area contributed by atoms with E-state index in [0.717, 1.165) is 18.8 Å². The minimum absolute atomic E-state index is 0.251. The summed E-state index contributed by atoms with van der Waals surface area (Å²) in [7, 11) is 0. The molecule has 25 heavy (non-hydrogen) atoms. The van der Waals surface area contributed by atoms with Crippen molar-refractivity contribution in [3.05, 3.63) is 89.4 Å². The van der Waals surface area contributed by atoms with Crippen molar-refractivity contribution in [1.82, 2.24) is 5.43 Å². The maximum atomic E-state index is 12.1. The number of anilines is 1. The molecule has 124 valence electrons. The molecule has 0 bridgehead atoms. The SMILES string of the molecule is O=C(NN=Cc1ccco1)c1ccc(N2Cc3ccccc3C2)cc1. The van der Waals surface area contributed by atoms with Gasteiger partial charge in [-0.3, -0.25) is 4.79 Å². The van der Waals surface area contributed by atoms with Gasteiger partial charge in [0.2, 0.25) is 0 Å². The third-order valence-electron chi connectivity index (χ3n) is 4.24. The lowest BCUT2D eigenvalue weighted by atomic mass is 10.1. The van der Waals surface area contributed by atoms with Gasteiger partial charge < -0.3 is 9.32 Å². The zero-order valence-corrected chi connectivity index (χ0v) is 13.6. The van der Waals surface area contributed by atoms with Crippen molar-refractivity contribution >= 4 is 17.8 Å². The largest absolute Gasteiger partial charge is 0.463 e. The summed E-state index contributed by atoms with van der Waals surface area (Å²) in [5.41, 5.74) is 6.88. The Labute approximate surface area is 145 Å². The topological polar surface area (TPSA) is 57.8 Å². The number of amides is 1. The maximum absolute atomic E-state index is 12.1. The summed E-state index contributed by atoms with van der Waals surface area (Å²) >= 11 is 0. The van der Waals surface area contributed by atoms with Crippen LogP contribution >= 0.6 is 0 Å². The predicted molar refractivity (Wildman–Crippen MR) is 96.5 cm³/mol. The lowest BCUT2D eigenvalue weighted by molar-refractivity contribution is 0.0955. The van der Waals surface area contributed by atoms with Crippen molar-refractivity contribution in [2.24, 2.45) is 5.10 Å². The minimum Gasteiger partial charge on any atom is -0.463 e. The second kappa shape index (κ2) is 6.65. The fourth-order valence-corrected chi connectivity index (χ4v) is 2.92. The van der Waals surface area contributed by atoms with Gasteiger partial charge in [0.1, 0.15) is 5.76 Å². The van der Waals surface area contributed by atoms with Crippen LogP contribution in [0.1, 0.15) is 27.2 Å². The van der Waals surface area contributed by atoms with Crippen molar-refractivity contribution in [2.45, 2.75) is 13.1 Å². The first-order valence-corrected chi connectivity index (χ1v) is 8.08. The molecular weight excluding hydrogens is 314 g/mol. The fourth-order valence-electron chi connectivity index (χ4n) is 2.92. The van der Waals surface area contributed by atoms with E-state index < -0.39 is 0 Å². The van der Waals surface area contributed by atoms with Crippen LogP contribution in [0.3, 0.4) is 0 Å². The molecule has 2 heterocycles. The van der Waals surface area contributed by atoms with Gasteiger partial charge >= 0.3 is 0 Å². The van der Waals surface area contributed by atoms with Gasteiger partial charge in [-0.1, -0.05) is 24.3 Å². The molecule has 1 N–H and O–H groups in total. The summed E-state index contributed by atoms with van der Waals surface area (Å²) in [6.45, 7) is 1.80. The molecule has 0 atom stereocenters. The van der Waals surface area contributed by atoms with Crippen LogP contribution in [0, 0.1) is 0 Å². The van der Waals surface area contributed by atoms with Gasteiger partial charge in [-0.05, 0) is 47.5 Å². The minimum atomic E-state index is -0.251. The first kappa shape index (κ1) is 15.2. The second-order valence-corrected chi connectivity index (χ2v) is 5.89. The van der Waals surface area contributed by atoms with Crippen LogP contribution in [-0.4, -0.2) is 12.1 Å². The molecule has 1 aromatic heterocycles. The van der Waals surface area contributed by atoms with Crippen LogP contribution in [0.5, 0.6) is 0 Å². The van der Waals surface area contributed by atoms with Gasteiger partial charge in [0.05, 0.1) is 12.5 Å². The molecule has 0 fully saturated rings. The van der Waals surface area contributed by atoms with E-state index in [0.29, 0.717) is 11.3 Å². The first-order valence-electron chi connectivity index (χ1n) is 8.08. The summed E-state index contributed by atoms with van der Waals surface area (Å²) in [5, 5.41) is 3.89. The quantitative estimate of drug-likeness (QED) is 0.587. The number of hydrogen-bond acceptors (Lipinski definition) is 4. The van der Waals surface area contributed by atoms with Gasteiger partial charge in [-0.25, -0.2) is 5.43 Å². The smallest absolute Gasteiger partial charge is 0.271 e. The molecule has 4 rings (SSSR count). The van der Waals surface area contributed by atoms with Crippen molar-refractivity contribution in [3.63, 3.8) is 0 Å². The third kappa shape index (κ3) is 3.30. The van der Waals surface area contributed by atoms with Gasteiger partial charge in [0.25, 0.3) is 5.91 Å². The van der Waals surface area contributed by atoms with E-state index in [1.165, 1.54) is 17.3 Å². The average Bonchev–Trinajstić information content (AvgIpc) is 3.31. The zero-order chi connectivity index (χ0) is 17.1. The standard InChI is InChI=1S/C20H17N3O2/c24-20(22-21-12-19-6-3-11-25-19)15-7-9-18(10-8-15)23-13-16-4-1-2-5-17(16)14-23/h1-12H,13-14H2,(H,22,24). The number of nitrogens with zero attached hydrogens (tertiary/aromatic N) is 2. The second-order valence-electron chi connectivity index (χ2n) is 5.89. The summed E-state index contributed by atoms with van der Waals surface area (Å²) < 4.78 is 5.11. The van der Waals surface area contributed by atoms with Gasteiger partial charge in [-0.2, -0.15) is 5.10 Å². The third-order valence-corrected chi connectivity index (χ3v) is 4.24. The molecule has 1 aliphatic heterocycles. The van der Waals surface area contributed by atoms with E-state index in [2.05, 4.69) is 39.7 Å². The maximum Gasteiger partial charge on any atom is 0.271 e. The molecule has 0 unspecified atom stereocenters. The Hall–Kier alpha value is -3.34. The molecule has 0 saturated carbocycles.